The molecular weight excluding hydrogens is 536 g/mol. The van der Waals surface area contributed by atoms with Gasteiger partial charge in [-0.2, -0.15) is 0 Å². The largest absolute Gasteiger partial charge is 0.385 e. The summed E-state index contributed by atoms with van der Waals surface area (Å²) in [5.74, 6) is -2.19. The molecule has 11 nitrogen and oxygen atoms in total. The molecule has 2 N–H and O–H groups in total. The summed E-state index contributed by atoms with van der Waals surface area (Å²) < 4.78 is 55.1. The zero-order valence-corrected chi connectivity index (χ0v) is 26.3. The van der Waals surface area contributed by atoms with Crippen molar-refractivity contribution in [3.05, 3.63) is 0 Å². The number of unbranched alkanes of at least 4 members (excludes halogenated alkanes) is 3. The summed E-state index contributed by atoms with van der Waals surface area (Å²) in [7, 11) is 0. The Morgan fingerprint density at radius 3 is 2.07 bits per heavy atom. The third kappa shape index (κ3) is 10.9. The van der Waals surface area contributed by atoms with Gasteiger partial charge in [-0.1, -0.05) is 40.0 Å². The van der Waals surface area contributed by atoms with Crippen LogP contribution in [0.3, 0.4) is 0 Å². The van der Waals surface area contributed by atoms with Crippen LogP contribution < -0.4 is 0 Å². The van der Waals surface area contributed by atoms with Crippen molar-refractivity contribution in [2.45, 2.75) is 160 Å². The molecule has 0 spiro atoms. The summed E-state index contributed by atoms with van der Waals surface area (Å²) in [4.78, 5) is 0. The van der Waals surface area contributed by atoms with Crippen molar-refractivity contribution in [1.82, 2.24) is 0 Å². The van der Waals surface area contributed by atoms with Crippen molar-refractivity contribution >= 4 is 0 Å². The maximum absolute atomic E-state index is 11.4. The number of fused-ring (bicyclic) bond motifs is 1. The molecule has 11 heteroatoms. The fourth-order valence-corrected chi connectivity index (χ4v) is 5.33. The molecule has 9 atom stereocenters. The summed E-state index contributed by atoms with van der Waals surface area (Å²) in [6.45, 7) is 15.1. The molecule has 3 aliphatic heterocycles. The highest BCUT2D eigenvalue weighted by Crippen LogP contribution is 2.39. The molecule has 41 heavy (non-hydrogen) atoms. The van der Waals surface area contributed by atoms with Crippen LogP contribution in [0.5, 0.6) is 0 Å². The number of aliphatic hydroxyl groups excluding tert-OH is 1. The quantitative estimate of drug-likeness (QED) is 0.179. The predicted molar refractivity (Wildman–Crippen MR) is 150 cm³/mol. The highest BCUT2D eigenvalue weighted by molar-refractivity contribution is 4.94. The van der Waals surface area contributed by atoms with Gasteiger partial charge in [0.15, 0.2) is 24.2 Å². The molecule has 3 saturated heterocycles. The molecule has 0 radical (unpaired) electrons. The van der Waals surface area contributed by atoms with Crippen molar-refractivity contribution in [1.29, 1.82) is 0 Å². The third-order valence-corrected chi connectivity index (χ3v) is 7.34. The molecule has 3 heterocycles. The lowest BCUT2D eigenvalue weighted by Crippen LogP contribution is -2.62. The third-order valence-electron chi connectivity index (χ3n) is 7.34. The molecular formula is C30H56O11. The Hall–Kier alpha value is -0.440. The minimum absolute atomic E-state index is 0.0422. The van der Waals surface area contributed by atoms with E-state index in [0.29, 0.717) is 32.8 Å². The first-order chi connectivity index (χ1) is 19.5. The molecule has 0 aromatic rings. The van der Waals surface area contributed by atoms with E-state index in [1.807, 2.05) is 13.8 Å². The number of rotatable bonds is 18. The molecule has 3 fully saturated rings. The minimum atomic E-state index is -1.39. The minimum Gasteiger partial charge on any atom is -0.385 e. The smallest absolute Gasteiger partial charge is 0.186 e. The van der Waals surface area contributed by atoms with Gasteiger partial charge in [-0.05, 0) is 47.0 Å². The van der Waals surface area contributed by atoms with E-state index in [4.69, 9.17) is 42.6 Å². The zero-order chi connectivity index (χ0) is 30.0. The van der Waals surface area contributed by atoms with E-state index in [9.17, 15) is 10.2 Å². The van der Waals surface area contributed by atoms with Gasteiger partial charge < -0.3 is 52.8 Å². The lowest BCUT2D eigenvalue weighted by Gasteiger charge is -2.45. The van der Waals surface area contributed by atoms with Gasteiger partial charge in [-0.25, -0.2) is 0 Å². The molecule has 0 aromatic carbocycles. The molecule has 242 valence electrons. The fraction of sp³-hybridized carbons (Fsp3) is 1.00. The van der Waals surface area contributed by atoms with Crippen molar-refractivity contribution in [3.8, 4) is 0 Å². The Bertz CT molecular complexity index is 730. The van der Waals surface area contributed by atoms with Gasteiger partial charge in [-0.15, -0.1) is 0 Å². The SMILES string of the molecule is CCCCOCC1OC(OCC2OC(OC(C)(C)O)CC3OC(C)(C)OC23)C(O)C(OCCCC)C1OCCCC. The Morgan fingerprint density at radius 2 is 1.44 bits per heavy atom. The van der Waals surface area contributed by atoms with Gasteiger partial charge in [-0.3, -0.25) is 0 Å². The van der Waals surface area contributed by atoms with Gasteiger partial charge in [0.2, 0.25) is 0 Å². The Labute approximate surface area is 246 Å². The van der Waals surface area contributed by atoms with Crippen LogP contribution in [0.25, 0.3) is 0 Å². The number of hydrogen-bond acceptors (Lipinski definition) is 11. The van der Waals surface area contributed by atoms with Crippen LogP contribution >= 0.6 is 0 Å². The summed E-state index contributed by atoms with van der Waals surface area (Å²) in [6.07, 6.45) is 0.343. The molecule has 3 rings (SSSR count). The second kappa shape index (κ2) is 16.6. The van der Waals surface area contributed by atoms with E-state index >= 15 is 0 Å². The molecule has 0 amide bonds. The first kappa shape index (κ1) is 35.0. The van der Waals surface area contributed by atoms with Crippen molar-refractivity contribution in [2.24, 2.45) is 0 Å². The normalized spacial score (nSPS) is 35.5. The summed E-state index contributed by atoms with van der Waals surface area (Å²) in [6, 6.07) is 0. The molecule has 0 saturated carbocycles. The maximum atomic E-state index is 11.4. The van der Waals surface area contributed by atoms with E-state index in [2.05, 4.69) is 20.8 Å². The molecule has 3 aliphatic rings. The predicted octanol–water partition coefficient (Wildman–Crippen LogP) is 3.66. The lowest BCUT2D eigenvalue weighted by molar-refractivity contribution is -0.339. The highest BCUT2D eigenvalue weighted by atomic mass is 16.8. The Kier molecular flexibility index (Phi) is 14.2. The van der Waals surface area contributed by atoms with E-state index < -0.39 is 60.8 Å². The van der Waals surface area contributed by atoms with Crippen molar-refractivity contribution < 1.29 is 52.8 Å². The van der Waals surface area contributed by atoms with Crippen molar-refractivity contribution in [2.75, 3.05) is 33.0 Å². The van der Waals surface area contributed by atoms with Crippen LogP contribution in [0.15, 0.2) is 0 Å². The second-order valence-corrected chi connectivity index (χ2v) is 12.2. The molecule has 0 aliphatic carbocycles. The van der Waals surface area contributed by atoms with Gasteiger partial charge >= 0.3 is 0 Å². The van der Waals surface area contributed by atoms with Crippen LogP contribution in [0, 0.1) is 0 Å². The van der Waals surface area contributed by atoms with Crippen molar-refractivity contribution in [3.63, 3.8) is 0 Å². The van der Waals surface area contributed by atoms with Crippen LogP contribution in [0.2, 0.25) is 0 Å². The Morgan fingerprint density at radius 1 is 0.805 bits per heavy atom. The molecule has 0 aromatic heterocycles. The van der Waals surface area contributed by atoms with Crippen LogP contribution in [-0.4, -0.2) is 110 Å². The highest BCUT2D eigenvalue weighted by Gasteiger charge is 2.52. The Balaban J connectivity index is 1.74. The topological polar surface area (TPSA) is 124 Å². The van der Waals surface area contributed by atoms with Crippen LogP contribution in [-0.2, 0) is 42.6 Å². The average Bonchev–Trinajstić information content (AvgIpc) is 3.21. The fourth-order valence-electron chi connectivity index (χ4n) is 5.33. The maximum Gasteiger partial charge on any atom is 0.186 e. The molecule has 9 unspecified atom stereocenters. The summed E-state index contributed by atoms with van der Waals surface area (Å²) in [5.41, 5.74) is 0. The first-order valence-corrected chi connectivity index (χ1v) is 15.6. The van der Waals surface area contributed by atoms with Crippen LogP contribution in [0.1, 0.15) is 93.4 Å². The average molecular weight is 593 g/mol. The first-order valence-electron chi connectivity index (χ1n) is 15.6. The van der Waals surface area contributed by atoms with E-state index in [0.717, 1.165) is 38.5 Å². The van der Waals surface area contributed by atoms with Gasteiger partial charge in [0, 0.05) is 26.2 Å². The number of aliphatic hydroxyl groups is 2. The number of ether oxygens (including phenoxy) is 9. The second-order valence-electron chi connectivity index (χ2n) is 12.2. The monoisotopic (exact) mass is 592 g/mol. The van der Waals surface area contributed by atoms with Crippen LogP contribution in [0.4, 0.5) is 0 Å². The van der Waals surface area contributed by atoms with Gasteiger partial charge in [0.1, 0.15) is 36.6 Å². The lowest BCUT2D eigenvalue weighted by atomic mass is 9.98. The van der Waals surface area contributed by atoms with E-state index in [-0.39, 0.29) is 12.7 Å². The van der Waals surface area contributed by atoms with E-state index in [1.165, 1.54) is 0 Å². The van der Waals surface area contributed by atoms with Gasteiger partial charge in [0.25, 0.3) is 0 Å². The van der Waals surface area contributed by atoms with Gasteiger partial charge in [0.05, 0.1) is 19.3 Å². The van der Waals surface area contributed by atoms with E-state index in [1.54, 1.807) is 13.8 Å². The summed E-state index contributed by atoms with van der Waals surface area (Å²) in [5, 5.41) is 21.7. The number of hydrogen-bond donors (Lipinski definition) is 2. The standard InChI is InChI=1S/C30H56O11/c1-8-11-14-33-18-21-26(34-15-12-9-2)27(35-16-13-10-3)24(31)28(38-21)36-19-22-25-20(39-30(6,7)41-25)17-23(37-22)40-29(4,5)32/h20-28,31-32H,8-19H2,1-7H3. The zero-order valence-electron chi connectivity index (χ0n) is 26.3. The summed E-state index contributed by atoms with van der Waals surface area (Å²) >= 11 is 0. The molecule has 0 bridgehead atoms.